The van der Waals surface area contributed by atoms with Crippen LogP contribution in [-0.4, -0.2) is 11.5 Å². The Labute approximate surface area is 111 Å². The Balaban J connectivity index is 1.91. The normalized spacial score (nSPS) is 17.2. The van der Waals surface area contributed by atoms with Crippen molar-refractivity contribution in [1.82, 2.24) is 5.32 Å². The van der Waals surface area contributed by atoms with Crippen LogP contribution in [0.25, 0.3) is 0 Å². The van der Waals surface area contributed by atoms with Crippen LogP contribution < -0.4 is 5.32 Å². The lowest BCUT2D eigenvalue weighted by molar-refractivity contribution is -0.384. The van der Waals surface area contributed by atoms with Gasteiger partial charge in [-0.2, -0.15) is 0 Å². The van der Waals surface area contributed by atoms with Crippen LogP contribution in [-0.2, 0) is 6.54 Å². The number of hydrogen-bond acceptors (Lipinski definition) is 3. The van der Waals surface area contributed by atoms with Crippen molar-refractivity contribution in [1.29, 1.82) is 0 Å². The van der Waals surface area contributed by atoms with Crippen LogP contribution in [0.3, 0.4) is 0 Å². The molecule has 0 spiro atoms. The predicted octanol–water partition coefficient (Wildman–Crippen LogP) is 3.53. The SMILES string of the molecule is CC1(CNCc2ccc([N+](=O)[O-])cc2Cl)CCC1. The van der Waals surface area contributed by atoms with Gasteiger partial charge in [0.25, 0.3) is 5.69 Å². The van der Waals surface area contributed by atoms with Crippen molar-refractivity contribution in [2.24, 2.45) is 5.41 Å². The fraction of sp³-hybridized carbons (Fsp3) is 0.538. The van der Waals surface area contributed by atoms with Gasteiger partial charge in [0.15, 0.2) is 0 Å². The van der Waals surface area contributed by atoms with Crippen molar-refractivity contribution in [2.75, 3.05) is 6.54 Å². The molecule has 98 valence electrons. The van der Waals surface area contributed by atoms with Crippen molar-refractivity contribution in [3.8, 4) is 0 Å². The Morgan fingerprint density at radius 1 is 1.50 bits per heavy atom. The van der Waals surface area contributed by atoms with Gasteiger partial charge in [-0.3, -0.25) is 10.1 Å². The highest BCUT2D eigenvalue weighted by Gasteiger charge is 2.30. The second-order valence-electron chi connectivity index (χ2n) is 5.30. The van der Waals surface area contributed by atoms with E-state index in [1.807, 2.05) is 0 Å². The average Bonchev–Trinajstić information content (AvgIpc) is 2.28. The minimum atomic E-state index is -0.432. The summed E-state index contributed by atoms with van der Waals surface area (Å²) in [5.74, 6) is 0. The van der Waals surface area contributed by atoms with E-state index in [9.17, 15) is 10.1 Å². The van der Waals surface area contributed by atoms with Crippen LogP contribution in [0.2, 0.25) is 5.02 Å². The smallest absolute Gasteiger partial charge is 0.270 e. The molecular weight excluding hydrogens is 252 g/mol. The molecule has 5 heteroatoms. The molecule has 2 rings (SSSR count). The summed E-state index contributed by atoms with van der Waals surface area (Å²) in [7, 11) is 0. The summed E-state index contributed by atoms with van der Waals surface area (Å²) in [6, 6.07) is 4.62. The Morgan fingerprint density at radius 2 is 2.22 bits per heavy atom. The van der Waals surface area contributed by atoms with Gasteiger partial charge in [-0.15, -0.1) is 0 Å². The van der Waals surface area contributed by atoms with Crippen LogP contribution >= 0.6 is 11.6 Å². The molecule has 1 N–H and O–H groups in total. The number of nitro benzene ring substituents is 1. The van der Waals surface area contributed by atoms with Crippen LogP contribution in [0, 0.1) is 15.5 Å². The van der Waals surface area contributed by atoms with Crippen molar-refractivity contribution in [3.05, 3.63) is 38.9 Å². The van der Waals surface area contributed by atoms with Gasteiger partial charge in [-0.05, 0) is 29.9 Å². The first-order chi connectivity index (χ1) is 8.50. The van der Waals surface area contributed by atoms with Crippen LogP contribution in [0.1, 0.15) is 31.7 Å². The Bertz CT molecular complexity index is 458. The third-order valence-corrected chi connectivity index (χ3v) is 4.03. The van der Waals surface area contributed by atoms with Gasteiger partial charge in [0.2, 0.25) is 0 Å². The molecular formula is C13H17ClN2O2. The first-order valence-electron chi connectivity index (χ1n) is 6.14. The van der Waals surface area contributed by atoms with E-state index >= 15 is 0 Å². The molecule has 4 nitrogen and oxygen atoms in total. The summed E-state index contributed by atoms with van der Waals surface area (Å²) in [6.45, 7) is 3.91. The van der Waals surface area contributed by atoms with Crippen molar-refractivity contribution in [3.63, 3.8) is 0 Å². The second-order valence-corrected chi connectivity index (χ2v) is 5.71. The molecule has 0 radical (unpaired) electrons. The van der Waals surface area contributed by atoms with E-state index in [0.717, 1.165) is 12.1 Å². The fourth-order valence-electron chi connectivity index (χ4n) is 2.25. The summed E-state index contributed by atoms with van der Waals surface area (Å²) in [5.41, 5.74) is 1.37. The van der Waals surface area contributed by atoms with E-state index in [1.165, 1.54) is 31.4 Å². The summed E-state index contributed by atoms with van der Waals surface area (Å²) < 4.78 is 0. The molecule has 1 aliphatic rings. The Kier molecular flexibility index (Phi) is 3.88. The van der Waals surface area contributed by atoms with Crippen LogP contribution in [0.15, 0.2) is 18.2 Å². The molecule has 0 aromatic heterocycles. The van der Waals surface area contributed by atoms with E-state index in [1.54, 1.807) is 6.07 Å². The molecule has 0 atom stereocenters. The van der Waals surface area contributed by atoms with Crippen molar-refractivity contribution < 1.29 is 4.92 Å². The molecule has 1 saturated carbocycles. The zero-order chi connectivity index (χ0) is 13.2. The number of nitrogens with zero attached hydrogens (tertiary/aromatic N) is 1. The van der Waals surface area contributed by atoms with E-state index in [2.05, 4.69) is 12.2 Å². The van der Waals surface area contributed by atoms with Crippen LogP contribution in [0.5, 0.6) is 0 Å². The second kappa shape index (κ2) is 5.24. The molecule has 0 aliphatic heterocycles. The number of rotatable bonds is 5. The number of hydrogen-bond donors (Lipinski definition) is 1. The predicted molar refractivity (Wildman–Crippen MR) is 71.8 cm³/mol. The molecule has 0 saturated heterocycles. The Morgan fingerprint density at radius 3 is 2.72 bits per heavy atom. The third-order valence-electron chi connectivity index (χ3n) is 3.68. The number of nitrogens with one attached hydrogen (secondary N) is 1. The lowest BCUT2D eigenvalue weighted by atomic mass is 9.70. The molecule has 1 aromatic carbocycles. The topological polar surface area (TPSA) is 55.2 Å². The summed E-state index contributed by atoms with van der Waals surface area (Å²) in [5, 5.41) is 14.4. The highest BCUT2D eigenvalue weighted by Crippen LogP contribution is 2.39. The maximum absolute atomic E-state index is 10.6. The third kappa shape index (κ3) is 3.00. The molecule has 1 aliphatic carbocycles. The molecule has 1 aromatic rings. The highest BCUT2D eigenvalue weighted by atomic mass is 35.5. The molecule has 0 heterocycles. The van der Waals surface area contributed by atoms with Crippen LogP contribution in [0.4, 0.5) is 5.69 Å². The zero-order valence-electron chi connectivity index (χ0n) is 10.4. The quantitative estimate of drug-likeness (QED) is 0.656. The molecule has 1 fully saturated rings. The Hall–Kier alpha value is -1.13. The number of nitro groups is 1. The number of halogens is 1. The van der Waals surface area contributed by atoms with Gasteiger partial charge in [0.1, 0.15) is 0 Å². The van der Waals surface area contributed by atoms with E-state index in [-0.39, 0.29) is 5.69 Å². The van der Waals surface area contributed by atoms with Gasteiger partial charge in [-0.1, -0.05) is 24.9 Å². The van der Waals surface area contributed by atoms with Crippen molar-refractivity contribution in [2.45, 2.75) is 32.7 Å². The summed E-state index contributed by atoms with van der Waals surface area (Å²) in [6.07, 6.45) is 3.86. The minimum Gasteiger partial charge on any atom is -0.312 e. The molecule has 0 amide bonds. The maximum atomic E-state index is 10.6. The van der Waals surface area contributed by atoms with E-state index in [0.29, 0.717) is 17.0 Å². The average molecular weight is 269 g/mol. The van der Waals surface area contributed by atoms with Gasteiger partial charge >= 0.3 is 0 Å². The number of benzene rings is 1. The minimum absolute atomic E-state index is 0.0368. The summed E-state index contributed by atoms with van der Waals surface area (Å²) >= 11 is 6.03. The lowest BCUT2D eigenvalue weighted by Gasteiger charge is -2.38. The highest BCUT2D eigenvalue weighted by molar-refractivity contribution is 6.31. The molecule has 18 heavy (non-hydrogen) atoms. The molecule has 0 unspecified atom stereocenters. The standard InChI is InChI=1S/C13H17ClN2O2/c1-13(5-2-6-13)9-15-8-10-3-4-11(16(17)18)7-12(10)14/h3-4,7,15H,2,5-6,8-9H2,1H3. The van der Waals surface area contributed by atoms with Gasteiger partial charge in [0.05, 0.1) is 9.95 Å². The van der Waals surface area contributed by atoms with E-state index < -0.39 is 4.92 Å². The first-order valence-corrected chi connectivity index (χ1v) is 6.52. The molecule has 0 bridgehead atoms. The van der Waals surface area contributed by atoms with Gasteiger partial charge in [-0.25, -0.2) is 0 Å². The van der Waals surface area contributed by atoms with Gasteiger partial charge in [0, 0.05) is 25.2 Å². The number of non-ortho nitro benzene ring substituents is 1. The first kappa shape index (κ1) is 13.3. The zero-order valence-corrected chi connectivity index (χ0v) is 11.2. The fourth-order valence-corrected chi connectivity index (χ4v) is 2.49. The maximum Gasteiger partial charge on any atom is 0.270 e. The monoisotopic (exact) mass is 268 g/mol. The van der Waals surface area contributed by atoms with E-state index in [4.69, 9.17) is 11.6 Å². The van der Waals surface area contributed by atoms with Gasteiger partial charge < -0.3 is 5.32 Å². The lowest BCUT2D eigenvalue weighted by Crippen LogP contribution is -2.37. The van der Waals surface area contributed by atoms with Crippen molar-refractivity contribution >= 4 is 17.3 Å². The largest absolute Gasteiger partial charge is 0.312 e. The summed E-state index contributed by atoms with van der Waals surface area (Å²) in [4.78, 5) is 10.2.